The molecule has 0 saturated heterocycles. The summed E-state index contributed by atoms with van der Waals surface area (Å²) in [5.41, 5.74) is 6.21. The Hall–Kier alpha value is -1.89. The summed E-state index contributed by atoms with van der Waals surface area (Å²) in [5, 5.41) is 11.6. The van der Waals surface area contributed by atoms with E-state index in [2.05, 4.69) is 5.32 Å². The maximum absolute atomic E-state index is 12.1. The van der Waals surface area contributed by atoms with Gasteiger partial charge in [0.1, 0.15) is 11.8 Å². The molecule has 0 radical (unpaired) electrons. The highest BCUT2D eigenvalue weighted by Gasteiger charge is 2.21. The quantitative estimate of drug-likeness (QED) is 0.654. The van der Waals surface area contributed by atoms with Crippen LogP contribution in [-0.2, 0) is 4.79 Å². The molecule has 0 aromatic heterocycles. The number of thioether (sulfide) groups is 1. The number of carboxylic acids is 1. The molecule has 0 heterocycles. The lowest BCUT2D eigenvalue weighted by Gasteiger charge is -2.15. The molecule has 0 saturated carbocycles. The predicted molar refractivity (Wildman–Crippen MR) is 79.3 cm³/mol. The van der Waals surface area contributed by atoms with Gasteiger partial charge in [0.2, 0.25) is 0 Å². The van der Waals surface area contributed by atoms with Gasteiger partial charge in [-0.1, -0.05) is 0 Å². The first-order chi connectivity index (χ1) is 9.49. The molecule has 1 rings (SSSR count). The molecule has 1 atom stereocenters. The number of carboxylic acid groups (broad SMARTS) is 1. The van der Waals surface area contributed by atoms with Crippen molar-refractivity contribution in [2.75, 3.05) is 24.9 Å². The van der Waals surface area contributed by atoms with Crippen LogP contribution in [0.3, 0.4) is 0 Å². The molecule has 0 fully saturated rings. The fourth-order valence-corrected chi connectivity index (χ4v) is 2.06. The van der Waals surface area contributed by atoms with Crippen LogP contribution in [0.25, 0.3) is 0 Å². The van der Waals surface area contributed by atoms with Crippen LogP contribution in [0.4, 0.5) is 5.69 Å². The Morgan fingerprint density at radius 2 is 2.20 bits per heavy atom. The number of benzene rings is 1. The fraction of sp³-hybridized carbons (Fsp3) is 0.385. The fourth-order valence-electron chi connectivity index (χ4n) is 1.59. The number of nitrogen functional groups attached to an aromatic ring is 1. The standard InChI is InChI=1S/C13H18N2O4S/c1-19-8-3-4-10(14)9(7-8)12(16)15-11(13(17)18)5-6-20-2/h3-4,7,11H,5-6,14H2,1-2H3,(H,15,16)(H,17,18). The van der Waals surface area contributed by atoms with Gasteiger partial charge < -0.3 is 20.9 Å². The molecule has 1 aromatic carbocycles. The first-order valence-corrected chi connectivity index (χ1v) is 7.35. The Balaban J connectivity index is 2.85. The van der Waals surface area contributed by atoms with E-state index in [0.29, 0.717) is 17.9 Å². The van der Waals surface area contributed by atoms with E-state index in [1.54, 1.807) is 12.1 Å². The van der Waals surface area contributed by atoms with Gasteiger partial charge in [-0.25, -0.2) is 4.79 Å². The second kappa shape index (κ2) is 7.64. The second-order valence-corrected chi connectivity index (χ2v) is 5.08. The smallest absolute Gasteiger partial charge is 0.326 e. The van der Waals surface area contributed by atoms with Crippen molar-refractivity contribution in [3.63, 3.8) is 0 Å². The minimum Gasteiger partial charge on any atom is -0.497 e. The Bertz CT molecular complexity index is 493. The molecule has 0 bridgehead atoms. The van der Waals surface area contributed by atoms with Gasteiger partial charge in [-0.2, -0.15) is 11.8 Å². The van der Waals surface area contributed by atoms with Crippen molar-refractivity contribution in [2.24, 2.45) is 0 Å². The van der Waals surface area contributed by atoms with Gasteiger partial charge in [-0.05, 0) is 36.6 Å². The Morgan fingerprint density at radius 3 is 2.75 bits per heavy atom. The number of anilines is 1. The maximum atomic E-state index is 12.1. The Labute approximate surface area is 121 Å². The molecule has 6 nitrogen and oxygen atoms in total. The number of carbonyl (C=O) groups excluding carboxylic acids is 1. The number of hydrogen-bond donors (Lipinski definition) is 3. The van der Waals surface area contributed by atoms with Crippen LogP contribution in [0, 0.1) is 0 Å². The molecule has 0 aliphatic carbocycles. The number of aliphatic carboxylic acids is 1. The number of ether oxygens (including phenoxy) is 1. The summed E-state index contributed by atoms with van der Waals surface area (Å²) >= 11 is 1.52. The van der Waals surface area contributed by atoms with Gasteiger partial charge in [0, 0.05) is 5.69 Å². The second-order valence-electron chi connectivity index (χ2n) is 4.10. The number of nitrogens with two attached hydrogens (primary N) is 1. The highest BCUT2D eigenvalue weighted by molar-refractivity contribution is 7.98. The number of nitrogens with one attached hydrogen (secondary N) is 1. The van der Waals surface area contributed by atoms with E-state index in [1.807, 2.05) is 6.26 Å². The van der Waals surface area contributed by atoms with Gasteiger partial charge in [0.05, 0.1) is 12.7 Å². The molecule has 110 valence electrons. The normalized spacial score (nSPS) is 11.7. The van der Waals surface area contributed by atoms with Gasteiger partial charge in [0.25, 0.3) is 5.91 Å². The minimum atomic E-state index is -1.06. The highest BCUT2D eigenvalue weighted by Crippen LogP contribution is 2.19. The first-order valence-electron chi connectivity index (χ1n) is 5.95. The zero-order valence-corrected chi connectivity index (χ0v) is 12.2. The zero-order chi connectivity index (χ0) is 15.1. The van der Waals surface area contributed by atoms with E-state index < -0.39 is 17.9 Å². The minimum absolute atomic E-state index is 0.208. The summed E-state index contributed by atoms with van der Waals surface area (Å²) in [5.74, 6) is -0.450. The molecule has 0 aliphatic rings. The zero-order valence-electron chi connectivity index (χ0n) is 11.4. The van der Waals surface area contributed by atoms with Crippen LogP contribution >= 0.6 is 11.8 Å². The van der Waals surface area contributed by atoms with E-state index in [1.165, 1.54) is 24.9 Å². The largest absolute Gasteiger partial charge is 0.497 e. The predicted octanol–water partition coefficient (Wildman–Crippen LogP) is 1.21. The van der Waals surface area contributed by atoms with Crippen molar-refractivity contribution in [3.05, 3.63) is 23.8 Å². The van der Waals surface area contributed by atoms with Gasteiger partial charge >= 0.3 is 5.97 Å². The number of hydrogen-bond acceptors (Lipinski definition) is 5. The molecular weight excluding hydrogens is 280 g/mol. The topological polar surface area (TPSA) is 102 Å². The van der Waals surface area contributed by atoms with E-state index in [-0.39, 0.29) is 11.3 Å². The van der Waals surface area contributed by atoms with E-state index in [4.69, 9.17) is 15.6 Å². The lowest BCUT2D eigenvalue weighted by Crippen LogP contribution is -2.41. The SMILES string of the molecule is COc1ccc(N)c(C(=O)NC(CCSC)C(=O)O)c1. The summed E-state index contributed by atoms with van der Waals surface area (Å²) < 4.78 is 5.02. The van der Waals surface area contributed by atoms with Crippen LogP contribution in [-0.4, -0.2) is 42.1 Å². The lowest BCUT2D eigenvalue weighted by atomic mass is 10.1. The Morgan fingerprint density at radius 1 is 1.50 bits per heavy atom. The summed E-state index contributed by atoms with van der Waals surface area (Å²) in [7, 11) is 1.48. The van der Waals surface area contributed by atoms with Crippen LogP contribution in [0.5, 0.6) is 5.75 Å². The molecule has 1 aromatic rings. The van der Waals surface area contributed by atoms with E-state index in [9.17, 15) is 9.59 Å². The maximum Gasteiger partial charge on any atom is 0.326 e. The van der Waals surface area contributed by atoms with Crippen molar-refractivity contribution in [3.8, 4) is 5.75 Å². The average Bonchev–Trinajstić information content (AvgIpc) is 2.43. The monoisotopic (exact) mass is 298 g/mol. The summed E-state index contributed by atoms with van der Waals surface area (Å²) in [6.07, 6.45) is 2.23. The van der Waals surface area contributed by atoms with E-state index in [0.717, 1.165) is 0 Å². The number of rotatable bonds is 7. The van der Waals surface area contributed by atoms with Gasteiger partial charge in [-0.3, -0.25) is 4.79 Å². The Kier molecular flexibility index (Phi) is 6.17. The first kappa shape index (κ1) is 16.2. The molecule has 0 aliphatic heterocycles. The third-order valence-corrected chi connectivity index (χ3v) is 3.36. The summed E-state index contributed by atoms with van der Waals surface area (Å²) in [6, 6.07) is 3.73. The molecule has 0 spiro atoms. The van der Waals surface area contributed by atoms with Crippen LogP contribution in [0.15, 0.2) is 18.2 Å². The number of methoxy groups -OCH3 is 1. The molecule has 1 unspecified atom stereocenters. The molecule has 20 heavy (non-hydrogen) atoms. The van der Waals surface area contributed by atoms with Crippen molar-refractivity contribution in [2.45, 2.75) is 12.5 Å². The van der Waals surface area contributed by atoms with Crippen molar-refractivity contribution >= 4 is 29.3 Å². The molecular formula is C13H18N2O4S. The summed E-state index contributed by atoms with van der Waals surface area (Å²) in [4.78, 5) is 23.2. The molecule has 1 amide bonds. The van der Waals surface area contributed by atoms with Crippen LogP contribution in [0.1, 0.15) is 16.8 Å². The van der Waals surface area contributed by atoms with Gasteiger partial charge in [-0.15, -0.1) is 0 Å². The van der Waals surface area contributed by atoms with Crippen LogP contribution < -0.4 is 15.8 Å². The molecule has 4 N–H and O–H groups in total. The third-order valence-electron chi connectivity index (χ3n) is 2.72. The van der Waals surface area contributed by atoms with Crippen molar-refractivity contribution in [1.82, 2.24) is 5.32 Å². The lowest BCUT2D eigenvalue weighted by molar-refractivity contribution is -0.139. The van der Waals surface area contributed by atoms with Gasteiger partial charge in [0.15, 0.2) is 0 Å². The van der Waals surface area contributed by atoms with E-state index >= 15 is 0 Å². The number of carbonyl (C=O) groups is 2. The third kappa shape index (κ3) is 4.34. The van der Waals surface area contributed by atoms with Crippen molar-refractivity contribution in [1.29, 1.82) is 0 Å². The highest BCUT2D eigenvalue weighted by atomic mass is 32.2. The molecule has 7 heteroatoms. The van der Waals surface area contributed by atoms with Crippen molar-refractivity contribution < 1.29 is 19.4 Å². The summed E-state index contributed by atoms with van der Waals surface area (Å²) in [6.45, 7) is 0. The number of amides is 1. The average molecular weight is 298 g/mol. The van der Waals surface area contributed by atoms with Crippen LogP contribution in [0.2, 0.25) is 0 Å².